The number of nitrogens with one attached hydrogen (secondary N) is 1. The number of hydrogen-bond donors (Lipinski definition) is 1. The Hall–Kier alpha value is -0.280. The Morgan fingerprint density at radius 2 is 1.94 bits per heavy atom. The molecule has 0 aromatic heterocycles. The molecule has 1 aliphatic carbocycles. The maximum atomic E-state index is 12.4. The first-order valence-corrected chi connectivity index (χ1v) is 6.68. The molecule has 1 N–H and O–H groups in total. The molecular weight excluding hydrogens is 236 g/mol. The number of piperidine rings is 1. The largest absolute Gasteiger partial charge is 0.342 e. The van der Waals surface area contributed by atoms with Gasteiger partial charge < -0.3 is 10.2 Å². The lowest BCUT2D eigenvalue weighted by Crippen LogP contribution is -2.52. The number of carbonyl (C=O) groups excluding carboxylic acids is 1. The fraction of sp³-hybridized carbons (Fsp3) is 0.923. The highest BCUT2D eigenvalue weighted by Crippen LogP contribution is 2.45. The zero-order valence-electron chi connectivity index (χ0n) is 11.0. The highest BCUT2D eigenvalue weighted by Gasteiger charge is 2.44. The van der Waals surface area contributed by atoms with E-state index < -0.39 is 0 Å². The number of halogens is 1. The average Bonchev–Trinajstić information content (AvgIpc) is 2.28. The summed E-state index contributed by atoms with van der Waals surface area (Å²) in [6.45, 7) is 4.07. The number of rotatable bonds is 3. The van der Waals surface area contributed by atoms with E-state index in [9.17, 15) is 4.79 Å². The van der Waals surface area contributed by atoms with Crippen molar-refractivity contribution in [3.8, 4) is 0 Å². The molecule has 0 unspecified atom stereocenters. The number of carbonyl (C=O) groups is 1. The lowest BCUT2D eigenvalue weighted by molar-refractivity contribution is -0.149. The summed E-state index contributed by atoms with van der Waals surface area (Å²) in [6, 6.07) is 0.614. The van der Waals surface area contributed by atoms with Crippen LogP contribution in [-0.2, 0) is 4.79 Å². The fourth-order valence-electron chi connectivity index (χ4n) is 3.03. The van der Waals surface area contributed by atoms with Crippen LogP contribution in [0.4, 0.5) is 0 Å². The van der Waals surface area contributed by atoms with Crippen LogP contribution >= 0.6 is 12.4 Å². The summed E-state index contributed by atoms with van der Waals surface area (Å²) in [5.74, 6) is 0.441. The lowest BCUT2D eigenvalue weighted by atomic mass is 9.66. The first-order chi connectivity index (χ1) is 7.72. The molecule has 0 atom stereocenters. The predicted octanol–water partition coefficient (Wildman–Crippen LogP) is 2.20. The molecule has 0 spiro atoms. The van der Waals surface area contributed by atoms with Crippen molar-refractivity contribution in [2.45, 2.75) is 51.5 Å². The molecule has 0 aromatic rings. The molecule has 1 saturated heterocycles. The van der Waals surface area contributed by atoms with Crippen molar-refractivity contribution in [1.82, 2.24) is 10.2 Å². The highest BCUT2D eigenvalue weighted by molar-refractivity contribution is 5.85. The Balaban J connectivity index is 0.00000144. The molecule has 2 aliphatic rings. The summed E-state index contributed by atoms with van der Waals surface area (Å²) in [6.07, 6.45) is 6.73. The van der Waals surface area contributed by atoms with Gasteiger partial charge in [0.2, 0.25) is 5.91 Å². The van der Waals surface area contributed by atoms with Crippen LogP contribution in [0.15, 0.2) is 0 Å². The zero-order valence-corrected chi connectivity index (χ0v) is 11.8. The van der Waals surface area contributed by atoms with Gasteiger partial charge in [0.05, 0.1) is 0 Å². The van der Waals surface area contributed by atoms with E-state index >= 15 is 0 Å². The lowest BCUT2D eigenvalue weighted by Gasteiger charge is -2.44. The first kappa shape index (κ1) is 14.8. The van der Waals surface area contributed by atoms with E-state index in [1.54, 1.807) is 0 Å². The number of nitrogens with zero attached hydrogens (tertiary/aromatic N) is 1. The quantitative estimate of drug-likeness (QED) is 0.844. The third kappa shape index (κ3) is 2.76. The maximum absolute atomic E-state index is 12.4. The van der Waals surface area contributed by atoms with Gasteiger partial charge in [0.15, 0.2) is 0 Å². The Labute approximate surface area is 111 Å². The van der Waals surface area contributed by atoms with E-state index in [4.69, 9.17) is 0 Å². The second kappa shape index (κ2) is 6.05. The smallest absolute Gasteiger partial charge is 0.228 e. The average molecular weight is 261 g/mol. The van der Waals surface area contributed by atoms with Gasteiger partial charge in [-0.3, -0.25) is 4.79 Å². The van der Waals surface area contributed by atoms with Gasteiger partial charge in [-0.15, -0.1) is 12.4 Å². The van der Waals surface area contributed by atoms with Gasteiger partial charge >= 0.3 is 0 Å². The van der Waals surface area contributed by atoms with Gasteiger partial charge in [0.1, 0.15) is 0 Å². The predicted molar refractivity (Wildman–Crippen MR) is 72.5 cm³/mol. The summed E-state index contributed by atoms with van der Waals surface area (Å²) in [5, 5.41) is 3.31. The van der Waals surface area contributed by atoms with Crippen LogP contribution in [0.25, 0.3) is 0 Å². The summed E-state index contributed by atoms with van der Waals surface area (Å²) in [4.78, 5) is 14.5. The van der Waals surface area contributed by atoms with Crippen molar-refractivity contribution in [3.05, 3.63) is 0 Å². The highest BCUT2D eigenvalue weighted by atomic mass is 35.5. The minimum absolute atomic E-state index is 0. The third-order valence-corrected chi connectivity index (χ3v) is 4.63. The second-order valence-corrected chi connectivity index (χ2v) is 5.34. The van der Waals surface area contributed by atoms with Crippen LogP contribution in [0, 0.1) is 5.41 Å². The minimum atomic E-state index is 0. The maximum Gasteiger partial charge on any atom is 0.228 e. The first-order valence-electron chi connectivity index (χ1n) is 6.68. The van der Waals surface area contributed by atoms with Crippen molar-refractivity contribution in [2.24, 2.45) is 5.41 Å². The van der Waals surface area contributed by atoms with Crippen molar-refractivity contribution < 1.29 is 4.79 Å². The van der Waals surface area contributed by atoms with Gasteiger partial charge in [0.25, 0.3) is 0 Å². The molecule has 100 valence electrons. The van der Waals surface area contributed by atoms with Gasteiger partial charge in [0, 0.05) is 24.5 Å². The van der Waals surface area contributed by atoms with Crippen molar-refractivity contribution >= 4 is 18.3 Å². The Morgan fingerprint density at radius 1 is 1.35 bits per heavy atom. The van der Waals surface area contributed by atoms with Gasteiger partial charge in [-0.05, 0) is 39.2 Å². The van der Waals surface area contributed by atoms with E-state index in [1.165, 1.54) is 6.42 Å². The molecule has 1 heterocycles. The van der Waals surface area contributed by atoms with E-state index in [1.807, 2.05) is 7.05 Å². The van der Waals surface area contributed by atoms with Crippen LogP contribution in [0.5, 0.6) is 0 Å². The zero-order chi connectivity index (χ0) is 11.6. The Bertz CT molecular complexity index is 253. The SMILES string of the molecule is CCC1(C(=O)N2CCC(NC)CC2)CCC1.Cl. The Morgan fingerprint density at radius 3 is 2.29 bits per heavy atom. The standard InChI is InChI=1S/C13H24N2O.ClH/c1-3-13(7-4-8-13)12(16)15-9-5-11(14-2)6-10-15;/h11,14H,3-10H2,1-2H3;1H. The topological polar surface area (TPSA) is 32.3 Å². The number of likely N-dealkylation sites (tertiary alicyclic amines) is 1. The number of hydrogen-bond acceptors (Lipinski definition) is 2. The molecule has 0 aromatic carbocycles. The molecular formula is C13H25ClN2O. The molecule has 0 radical (unpaired) electrons. The van der Waals surface area contributed by atoms with Crippen molar-refractivity contribution in [3.63, 3.8) is 0 Å². The fourth-order valence-corrected chi connectivity index (χ4v) is 3.03. The van der Waals surface area contributed by atoms with Crippen LogP contribution in [0.3, 0.4) is 0 Å². The van der Waals surface area contributed by atoms with Gasteiger partial charge in [-0.1, -0.05) is 13.3 Å². The molecule has 1 amide bonds. The summed E-state index contributed by atoms with van der Waals surface area (Å²) in [5.41, 5.74) is 0.0342. The normalized spacial score (nSPS) is 23.8. The molecule has 3 nitrogen and oxygen atoms in total. The monoisotopic (exact) mass is 260 g/mol. The minimum Gasteiger partial charge on any atom is -0.342 e. The van der Waals surface area contributed by atoms with E-state index in [2.05, 4.69) is 17.1 Å². The van der Waals surface area contributed by atoms with Crippen LogP contribution < -0.4 is 5.32 Å². The van der Waals surface area contributed by atoms with Gasteiger partial charge in [-0.2, -0.15) is 0 Å². The summed E-state index contributed by atoms with van der Waals surface area (Å²) >= 11 is 0. The Kier molecular flexibility index (Phi) is 5.26. The van der Waals surface area contributed by atoms with E-state index in [0.717, 1.165) is 45.2 Å². The van der Waals surface area contributed by atoms with E-state index in [0.29, 0.717) is 11.9 Å². The molecule has 17 heavy (non-hydrogen) atoms. The van der Waals surface area contributed by atoms with Crippen LogP contribution in [0.1, 0.15) is 45.4 Å². The molecule has 0 bridgehead atoms. The third-order valence-electron chi connectivity index (χ3n) is 4.63. The number of amides is 1. The van der Waals surface area contributed by atoms with Crippen LogP contribution in [0.2, 0.25) is 0 Å². The molecule has 1 aliphatic heterocycles. The van der Waals surface area contributed by atoms with Crippen molar-refractivity contribution in [1.29, 1.82) is 0 Å². The summed E-state index contributed by atoms with van der Waals surface area (Å²) < 4.78 is 0. The second-order valence-electron chi connectivity index (χ2n) is 5.34. The van der Waals surface area contributed by atoms with Crippen molar-refractivity contribution in [2.75, 3.05) is 20.1 Å². The molecule has 4 heteroatoms. The molecule has 2 rings (SSSR count). The molecule has 2 fully saturated rings. The van der Waals surface area contributed by atoms with Gasteiger partial charge in [-0.25, -0.2) is 0 Å². The molecule has 1 saturated carbocycles. The summed E-state index contributed by atoms with van der Waals surface area (Å²) in [7, 11) is 2.02. The van der Waals surface area contributed by atoms with E-state index in [-0.39, 0.29) is 17.8 Å². The van der Waals surface area contributed by atoms with Crippen LogP contribution in [-0.4, -0.2) is 37.0 Å².